The lowest BCUT2D eigenvalue weighted by molar-refractivity contribution is -0.136. The Balaban J connectivity index is 1.02. The maximum Gasteiger partial charge on any atom is 0.407 e. The lowest BCUT2D eigenvalue weighted by Crippen LogP contribution is -2.56. The number of nitrogens with zero attached hydrogens (tertiary/aromatic N) is 4. The van der Waals surface area contributed by atoms with Gasteiger partial charge >= 0.3 is 12.2 Å². The molecule has 1 aromatic heterocycles. The number of amides is 4. The molecule has 0 bridgehead atoms. The Morgan fingerprint density at radius 2 is 1.62 bits per heavy atom. The fourth-order valence-corrected chi connectivity index (χ4v) is 8.17. The number of aliphatic imine (C=N–C) groups is 1. The molecule has 4 aliphatic rings. The molecule has 0 spiro atoms. The van der Waals surface area contributed by atoms with Crippen molar-refractivity contribution < 1.29 is 47.3 Å². The van der Waals surface area contributed by atoms with Crippen molar-refractivity contribution in [1.29, 1.82) is 0 Å². The number of rotatable bonds is 12. The van der Waals surface area contributed by atoms with E-state index in [0.717, 1.165) is 35.4 Å². The van der Waals surface area contributed by atoms with E-state index in [1.807, 2.05) is 18.2 Å². The second-order valence-electron chi connectivity index (χ2n) is 14.8. The van der Waals surface area contributed by atoms with Crippen LogP contribution in [0.25, 0.3) is 16.8 Å². The van der Waals surface area contributed by atoms with Crippen LogP contribution in [0.5, 0.6) is 11.5 Å². The van der Waals surface area contributed by atoms with Gasteiger partial charge in [0.2, 0.25) is 11.8 Å². The number of nitrogens with one attached hydrogen (secondary N) is 3. The van der Waals surface area contributed by atoms with E-state index in [-0.39, 0.29) is 30.5 Å². The number of aromatic nitrogens is 2. The summed E-state index contributed by atoms with van der Waals surface area (Å²) in [6.45, 7) is 2.70. The van der Waals surface area contributed by atoms with Gasteiger partial charge in [0.05, 0.1) is 50.9 Å². The minimum atomic E-state index is -0.947. The summed E-state index contributed by atoms with van der Waals surface area (Å²) in [5.74, 6) is 0.860. The average molecular weight is 802 g/mol. The van der Waals surface area contributed by atoms with Gasteiger partial charge in [-0.05, 0) is 74.1 Å². The van der Waals surface area contributed by atoms with Crippen LogP contribution in [0.4, 0.5) is 14.0 Å². The van der Waals surface area contributed by atoms with Gasteiger partial charge in [-0.25, -0.2) is 19.0 Å². The number of imidazole rings is 1. The van der Waals surface area contributed by atoms with Crippen molar-refractivity contribution in [2.75, 3.05) is 48.1 Å². The number of H-pyrrole nitrogens is 1. The first-order valence-corrected chi connectivity index (χ1v) is 19.3. The largest absolute Gasteiger partial charge is 0.457 e. The molecular weight excluding hydrogens is 753 g/mol. The predicted molar refractivity (Wildman–Crippen MR) is 209 cm³/mol. The molecule has 3 aromatic rings. The Morgan fingerprint density at radius 1 is 0.914 bits per heavy atom. The standard InChI is InChI=1S/C41H48FN7O9/c1-22(55-3)36(47-41(53)57-5)39(51)48-12-6-8-32(48)29-17-26(19-43-29)27-18-35-25(16-28(27)42)15-24-14-23(10-11-34(24)58-35)30-20-44-37(45-30)33-9-7-13-49(33)38(50)31(21-54-2)46-40(52)56-4/h10-11,14,16,18-20,22,31-33,36H,6-9,12-13,15,17,21H2,1-5H3,(H,44,45)(H,46,52)(H,47,53)/t22-,31+,32+,33+,36+/m1/s1. The van der Waals surface area contributed by atoms with Crippen LogP contribution in [0, 0.1) is 5.82 Å². The SMILES string of the molecule is COC[C@H](NC(=O)OC)C(=O)N1CCC[C@H]1c1ncc(-c2ccc3c(c2)Cc2cc(F)c(C4=CN=C([C@@H]5CCCN5C(=O)[C@@H](NC(=O)OC)[C@@H](C)OC)C4)cc2O3)[nH]1. The highest BCUT2D eigenvalue weighted by Gasteiger charge is 2.40. The molecule has 17 heteroatoms. The lowest BCUT2D eigenvalue weighted by Gasteiger charge is -2.31. The van der Waals surface area contributed by atoms with Crippen molar-refractivity contribution in [2.45, 2.75) is 75.7 Å². The van der Waals surface area contributed by atoms with Crippen LogP contribution in [0.2, 0.25) is 0 Å². The van der Waals surface area contributed by atoms with E-state index in [1.54, 1.807) is 35.2 Å². The van der Waals surface area contributed by atoms with Gasteiger partial charge in [0.15, 0.2) is 0 Å². The molecule has 5 atom stereocenters. The van der Waals surface area contributed by atoms with Gasteiger partial charge in [0.1, 0.15) is 35.2 Å². The number of carbonyl (C=O) groups excluding carboxylic acids is 4. The Hall–Kier alpha value is -5.81. The van der Waals surface area contributed by atoms with E-state index in [9.17, 15) is 19.2 Å². The monoisotopic (exact) mass is 801 g/mol. The van der Waals surface area contributed by atoms with Crippen LogP contribution >= 0.6 is 0 Å². The number of benzene rings is 2. The molecule has 5 heterocycles. The highest BCUT2D eigenvalue weighted by atomic mass is 19.1. The van der Waals surface area contributed by atoms with E-state index >= 15 is 4.39 Å². The third-order valence-corrected chi connectivity index (χ3v) is 11.3. The number of aromatic amines is 1. The number of halogens is 1. The van der Waals surface area contributed by atoms with Crippen LogP contribution in [0.3, 0.4) is 0 Å². The summed E-state index contributed by atoms with van der Waals surface area (Å²) in [6, 6.07) is 6.54. The Labute approximate surface area is 335 Å². The molecule has 2 aromatic carbocycles. The minimum Gasteiger partial charge on any atom is -0.457 e. The summed E-state index contributed by atoms with van der Waals surface area (Å²) in [5.41, 5.74) is 4.99. The fraction of sp³-hybridized carbons (Fsp3) is 0.463. The molecule has 4 aliphatic heterocycles. The summed E-state index contributed by atoms with van der Waals surface area (Å²) in [6.07, 6.45) is 5.06. The van der Waals surface area contributed by atoms with Gasteiger partial charge in [-0.3, -0.25) is 14.6 Å². The summed E-state index contributed by atoms with van der Waals surface area (Å²) in [7, 11) is 5.40. The van der Waals surface area contributed by atoms with Crippen molar-refractivity contribution in [3.8, 4) is 22.8 Å². The van der Waals surface area contributed by atoms with Crippen molar-refractivity contribution >= 4 is 35.3 Å². The smallest absolute Gasteiger partial charge is 0.407 e. The number of ether oxygens (including phenoxy) is 5. The molecule has 0 radical (unpaired) electrons. The fourth-order valence-electron chi connectivity index (χ4n) is 8.17. The topological polar surface area (TPSA) is 186 Å². The molecule has 2 saturated heterocycles. The van der Waals surface area contributed by atoms with Crippen LogP contribution < -0.4 is 15.4 Å². The lowest BCUT2D eigenvalue weighted by atomic mass is 9.93. The quantitative estimate of drug-likeness (QED) is 0.178. The van der Waals surface area contributed by atoms with Crippen LogP contribution in [-0.2, 0) is 35.0 Å². The minimum absolute atomic E-state index is 0.00229. The average Bonchev–Trinajstić information content (AvgIpc) is 4.07. The van der Waals surface area contributed by atoms with Gasteiger partial charge in [0.25, 0.3) is 0 Å². The summed E-state index contributed by atoms with van der Waals surface area (Å²) in [4.78, 5) is 67.2. The van der Waals surface area contributed by atoms with E-state index in [2.05, 4.69) is 25.6 Å². The van der Waals surface area contributed by atoms with Gasteiger partial charge < -0.3 is 49.1 Å². The molecule has 4 amide bonds. The Kier molecular flexibility index (Phi) is 12.1. The first-order chi connectivity index (χ1) is 28.0. The molecule has 308 valence electrons. The first-order valence-electron chi connectivity index (χ1n) is 19.3. The third kappa shape index (κ3) is 8.13. The first kappa shape index (κ1) is 40.4. The number of alkyl carbamates (subject to hydrolysis) is 2. The summed E-state index contributed by atoms with van der Waals surface area (Å²) < 4.78 is 42.3. The van der Waals surface area contributed by atoms with Crippen LogP contribution in [0.1, 0.15) is 67.6 Å². The van der Waals surface area contributed by atoms with Crippen molar-refractivity contribution in [1.82, 2.24) is 30.4 Å². The number of hydrogen-bond donors (Lipinski definition) is 3. The van der Waals surface area contributed by atoms with E-state index in [4.69, 9.17) is 23.7 Å². The predicted octanol–water partition coefficient (Wildman–Crippen LogP) is 4.88. The zero-order valence-corrected chi connectivity index (χ0v) is 33.1. The molecular formula is C41H48FN7O9. The number of hydrogen-bond acceptors (Lipinski definition) is 11. The number of allylic oxidation sites excluding steroid dienone is 1. The van der Waals surface area contributed by atoms with Gasteiger partial charge in [-0.15, -0.1) is 0 Å². The summed E-state index contributed by atoms with van der Waals surface area (Å²) in [5, 5.41) is 5.15. The highest BCUT2D eigenvalue weighted by Crippen LogP contribution is 2.42. The maximum atomic E-state index is 15.9. The summed E-state index contributed by atoms with van der Waals surface area (Å²) >= 11 is 0. The Bertz CT molecular complexity index is 2140. The van der Waals surface area contributed by atoms with Crippen LogP contribution in [0.15, 0.2) is 47.7 Å². The molecule has 0 saturated carbocycles. The van der Waals surface area contributed by atoms with Crippen LogP contribution in [-0.4, -0.2) is 122 Å². The normalized spacial score (nSPS) is 19.9. The van der Waals surface area contributed by atoms with Crippen molar-refractivity contribution in [2.24, 2.45) is 4.99 Å². The molecule has 0 aliphatic carbocycles. The van der Waals surface area contributed by atoms with Crippen molar-refractivity contribution in [3.05, 3.63) is 71.1 Å². The zero-order valence-electron chi connectivity index (χ0n) is 33.1. The number of likely N-dealkylation sites (tertiary alicyclic amines) is 2. The van der Waals surface area contributed by atoms with E-state index in [0.29, 0.717) is 72.8 Å². The molecule has 7 rings (SSSR count). The molecule has 3 N–H and O–H groups in total. The van der Waals surface area contributed by atoms with Gasteiger partial charge in [-0.2, -0.15) is 0 Å². The number of methoxy groups -OCH3 is 4. The molecule has 58 heavy (non-hydrogen) atoms. The molecule has 2 fully saturated rings. The van der Waals surface area contributed by atoms with E-state index in [1.165, 1.54) is 34.5 Å². The maximum absolute atomic E-state index is 15.9. The number of fused-ring (bicyclic) bond motifs is 2. The second-order valence-corrected chi connectivity index (χ2v) is 14.8. The third-order valence-electron chi connectivity index (χ3n) is 11.3. The van der Waals surface area contributed by atoms with Gasteiger partial charge in [-0.1, -0.05) is 0 Å². The molecule has 16 nitrogen and oxygen atoms in total. The number of carbonyl (C=O) groups is 4. The van der Waals surface area contributed by atoms with E-state index < -0.39 is 36.2 Å². The highest BCUT2D eigenvalue weighted by molar-refractivity contribution is 6.04. The van der Waals surface area contributed by atoms with Gasteiger partial charge in [0, 0.05) is 68.8 Å². The van der Waals surface area contributed by atoms with Crippen molar-refractivity contribution in [3.63, 3.8) is 0 Å². The zero-order chi connectivity index (χ0) is 41.1. The Morgan fingerprint density at radius 3 is 2.34 bits per heavy atom. The molecule has 0 unspecified atom stereocenters. The second kappa shape index (κ2) is 17.4.